The Balaban J connectivity index is 1.35. The molecule has 0 spiro atoms. The van der Waals surface area contributed by atoms with Crippen molar-refractivity contribution < 1.29 is 18.7 Å². The van der Waals surface area contributed by atoms with E-state index in [1.807, 2.05) is 25.1 Å². The molecule has 2 heterocycles. The zero-order valence-corrected chi connectivity index (χ0v) is 17.2. The number of aryl methyl sites for hydroxylation is 1. The summed E-state index contributed by atoms with van der Waals surface area (Å²) in [5.41, 5.74) is 2.71. The highest BCUT2D eigenvalue weighted by atomic mass is 32.1. The Bertz CT molecular complexity index is 1020. The maximum Gasteiger partial charge on any atom is 0.257 e. The number of anilines is 2. The highest BCUT2D eigenvalue weighted by Crippen LogP contribution is 2.24. The third-order valence-electron chi connectivity index (χ3n) is 4.67. The molecule has 156 valence electrons. The molecule has 0 atom stereocenters. The Hall–Kier alpha value is -3.04. The quantitative estimate of drug-likeness (QED) is 0.646. The van der Waals surface area contributed by atoms with Crippen molar-refractivity contribution in [2.24, 2.45) is 0 Å². The molecule has 0 aliphatic carbocycles. The molecule has 1 amide bonds. The van der Waals surface area contributed by atoms with E-state index < -0.39 is 0 Å². The molecule has 0 bridgehead atoms. The summed E-state index contributed by atoms with van der Waals surface area (Å²) in [6, 6.07) is 11.4. The first-order chi connectivity index (χ1) is 14.6. The van der Waals surface area contributed by atoms with Gasteiger partial charge < -0.3 is 14.4 Å². The summed E-state index contributed by atoms with van der Waals surface area (Å²) in [5, 5.41) is 11.8. The van der Waals surface area contributed by atoms with Gasteiger partial charge in [-0.1, -0.05) is 11.3 Å². The molecule has 1 aliphatic rings. The molecule has 1 aliphatic heterocycles. The van der Waals surface area contributed by atoms with Crippen molar-refractivity contribution in [3.63, 3.8) is 0 Å². The van der Waals surface area contributed by atoms with Crippen LogP contribution in [-0.2, 0) is 11.3 Å². The van der Waals surface area contributed by atoms with E-state index >= 15 is 0 Å². The first kappa shape index (κ1) is 20.2. The van der Waals surface area contributed by atoms with E-state index in [1.165, 1.54) is 23.5 Å². The molecule has 1 fully saturated rings. The van der Waals surface area contributed by atoms with Crippen molar-refractivity contribution in [3.05, 3.63) is 64.4 Å². The van der Waals surface area contributed by atoms with Crippen LogP contribution in [0.15, 0.2) is 42.5 Å². The monoisotopic (exact) mass is 428 g/mol. The summed E-state index contributed by atoms with van der Waals surface area (Å²) in [7, 11) is 0. The number of benzene rings is 2. The Kier molecular flexibility index (Phi) is 6.20. The lowest BCUT2D eigenvalue weighted by Gasteiger charge is -2.30. The third kappa shape index (κ3) is 4.92. The fraction of sp³-hybridized carbons (Fsp3) is 0.286. The topological polar surface area (TPSA) is 76.6 Å². The summed E-state index contributed by atoms with van der Waals surface area (Å²) in [6.45, 7) is 5.31. The minimum Gasteiger partial charge on any atom is -0.486 e. The van der Waals surface area contributed by atoms with Crippen molar-refractivity contribution in [1.29, 1.82) is 0 Å². The number of amides is 1. The van der Waals surface area contributed by atoms with Crippen molar-refractivity contribution >= 4 is 28.1 Å². The van der Waals surface area contributed by atoms with Crippen LogP contribution in [-0.4, -0.2) is 42.4 Å². The average molecular weight is 428 g/mol. The third-order valence-corrected chi connectivity index (χ3v) is 5.49. The number of carbonyl (C=O) groups is 1. The molecule has 0 radical (unpaired) electrons. The Labute approximate surface area is 177 Å². The van der Waals surface area contributed by atoms with Crippen LogP contribution < -0.4 is 15.0 Å². The average Bonchev–Trinajstić information content (AvgIpc) is 3.21. The van der Waals surface area contributed by atoms with Crippen LogP contribution in [0.25, 0.3) is 0 Å². The SMILES string of the molecule is Cc1cc(C(=O)Nc2nnc(COc3ccc(F)cc3)s2)ccc1N1CCOCC1. The number of nitrogens with zero attached hydrogens (tertiary/aromatic N) is 3. The van der Waals surface area contributed by atoms with E-state index in [1.54, 1.807) is 12.1 Å². The van der Waals surface area contributed by atoms with Crippen LogP contribution in [0.1, 0.15) is 20.9 Å². The van der Waals surface area contributed by atoms with Gasteiger partial charge in [0.05, 0.1) is 13.2 Å². The van der Waals surface area contributed by atoms with Crippen molar-refractivity contribution in [2.45, 2.75) is 13.5 Å². The minimum atomic E-state index is -0.323. The van der Waals surface area contributed by atoms with E-state index in [9.17, 15) is 9.18 Å². The van der Waals surface area contributed by atoms with Crippen molar-refractivity contribution in [1.82, 2.24) is 10.2 Å². The van der Waals surface area contributed by atoms with Crippen LogP contribution in [0.5, 0.6) is 5.75 Å². The lowest BCUT2D eigenvalue weighted by atomic mass is 10.1. The molecule has 30 heavy (non-hydrogen) atoms. The van der Waals surface area contributed by atoms with Crippen molar-refractivity contribution in [2.75, 3.05) is 36.5 Å². The van der Waals surface area contributed by atoms with Crippen LogP contribution in [0.3, 0.4) is 0 Å². The number of hydrogen-bond donors (Lipinski definition) is 1. The van der Waals surface area contributed by atoms with Gasteiger partial charge in [0.2, 0.25) is 5.13 Å². The summed E-state index contributed by atoms with van der Waals surface area (Å²) in [4.78, 5) is 14.9. The van der Waals surface area contributed by atoms with Gasteiger partial charge in [-0.3, -0.25) is 10.1 Å². The molecule has 1 saturated heterocycles. The van der Waals surface area contributed by atoms with E-state index in [-0.39, 0.29) is 18.3 Å². The number of ether oxygens (including phenoxy) is 2. The highest BCUT2D eigenvalue weighted by Gasteiger charge is 2.16. The molecule has 1 aromatic heterocycles. The normalized spacial score (nSPS) is 13.9. The maximum absolute atomic E-state index is 12.9. The van der Waals surface area contributed by atoms with Gasteiger partial charge in [0.25, 0.3) is 5.91 Å². The largest absolute Gasteiger partial charge is 0.486 e. The van der Waals surface area contributed by atoms with E-state index in [0.717, 1.165) is 24.3 Å². The maximum atomic E-state index is 12.9. The lowest BCUT2D eigenvalue weighted by Crippen LogP contribution is -2.36. The zero-order valence-electron chi connectivity index (χ0n) is 16.4. The molecule has 7 nitrogen and oxygen atoms in total. The van der Waals surface area contributed by atoms with Gasteiger partial charge in [-0.15, -0.1) is 10.2 Å². The van der Waals surface area contributed by atoms with E-state index in [0.29, 0.717) is 34.7 Å². The van der Waals surface area contributed by atoms with Gasteiger partial charge in [0, 0.05) is 24.3 Å². The molecular formula is C21H21FN4O3S. The van der Waals surface area contributed by atoms with Crippen LogP contribution in [0.4, 0.5) is 15.2 Å². The van der Waals surface area contributed by atoms with Crippen LogP contribution in [0.2, 0.25) is 0 Å². The second-order valence-electron chi connectivity index (χ2n) is 6.80. The summed E-state index contributed by atoms with van der Waals surface area (Å²) >= 11 is 1.23. The number of halogens is 1. The number of aromatic nitrogens is 2. The predicted molar refractivity (Wildman–Crippen MR) is 113 cm³/mol. The zero-order chi connectivity index (χ0) is 20.9. The first-order valence-electron chi connectivity index (χ1n) is 9.54. The molecule has 0 unspecified atom stereocenters. The van der Waals surface area contributed by atoms with Crippen LogP contribution >= 0.6 is 11.3 Å². The fourth-order valence-electron chi connectivity index (χ4n) is 3.16. The van der Waals surface area contributed by atoms with Gasteiger partial charge in [-0.05, 0) is 55.0 Å². The minimum absolute atomic E-state index is 0.187. The van der Waals surface area contributed by atoms with Gasteiger partial charge in [0.1, 0.15) is 18.2 Å². The van der Waals surface area contributed by atoms with Gasteiger partial charge in [-0.2, -0.15) is 0 Å². The number of carbonyl (C=O) groups excluding carboxylic acids is 1. The second-order valence-corrected chi connectivity index (χ2v) is 7.86. The summed E-state index contributed by atoms with van der Waals surface area (Å²) < 4.78 is 23.9. The van der Waals surface area contributed by atoms with E-state index in [2.05, 4.69) is 20.4 Å². The van der Waals surface area contributed by atoms with Gasteiger partial charge >= 0.3 is 0 Å². The predicted octanol–water partition coefficient (Wildman–Crippen LogP) is 3.65. The molecule has 9 heteroatoms. The summed E-state index contributed by atoms with van der Waals surface area (Å²) in [5.74, 6) is -0.0294. The molecule has 4 rings (SSSR count). The number of hydrogen-bond acceptors (Lipinski definition) is 7. The number of morpholine rings is 1. The van der Waals surface area contributed by atoms with Gasteiger partial charge in [-0.25, -0.2) is 4.39 Å². The van der Waals surface area contributed by atoms with Crippen LogP contribution in [0, 0.1) is 12.7 Å². The Morgan fingerprint density at radius 1 is 1.20 bits per heavy atom. The molecule has 0 saturated carbocycles. The lowest BCUT2D eigenvalue weighted by molar-refractivity contribution is 0.102. The van der Waals surface area contributed by atoms with Gasteiger partial charge in [0.15, 0.2) is 5.01 Å². The molecule has 2 aromatic carbocycles. The Morgan fingerprint density at radius 3 is 2.70 bits per heavy atom. The number of rotatable bonds is 6. The fourth-order valence-corrected chi connectivity index (χ4v) is 3.81. The molecule has 3 aromatic rings. The second kappa shape index (κ2) is 9.19. The molecule has 1 N–H and O–H groups in total. The number of nitrogens with one attached hydrogen (secondary N) is 1. The first-order valence-corrected chi connectivity index (χ1v) is 10.4. The smallest absolute Gasteiger partial charge is 0.257 e. The highest BCUT2D eigenvalue weighted by molar-refractivity contribution is 7.15. The van der Waals surface area contributed by atoms with E-state index in [4.69, 9.17) is 9.47 Å². The van der Waals surface area contributed by atoms with Crippen molar-refractivity contribution in [3.8, 4) is 5.75 Å². The summed E-state index contributed by atoms with van der Waals surface area (Å²) in [6.07, 6.45) is 0. The Morgan fingerprint density at radius 2 is 1.97 bits per heavy atom. The molecular weight excluding hydrogens is 407 g/mol. The standard InChI is InChI=1S/C21H21FN4O3S/c1-14-12-15(2-7-18(14)26-8-10-28-11-9-26)20(27)23-21-25-24-19(30-21)13-29-17-5-3-16(22)4-6-17/h2-7,12H,8-11,13H2,1H3,(H,23,25,27).